The second kappa shape index (κ2) is 13.8. The fourth-order valence-corrected chi connectivity index (χ4v) is 5.62. The second-order valence-corrected chi connectivity index (χ2v) is 11.6. The van der Waals surface area contributed by atoms with Crippen LogP contribution in [0.1, 0.15) is 59.4 Å². The molecule has 1 unspecified atom stereocenters. The van der Waals surface area contributed by atoms with Crippen molar-refractivity contribution in [2.24, 2.45) is 5.92 Å². The van der Waals surface area contributed by atoms with E-state index in [1.165, 1.54) is 23.0 Å². The number of fused-ring (bicyclic) bond motifs is 1. The van der Waals surface area contributed by atoms with Crippen molar-refractivity contribution >= 4 is 39.2 Å². The highest BCUT2D eigenvalue weighted by Crippen LogP contribution is 2.35. The zero-order chi connectivity index (χ0) is 28.0. The van der Waals surface area contributed by atoms with E-state index in [1.54, 1.807) is 37.4 Å². The Kier molecular flexibility index (Phi) is 11.0. The molecule has 1 saturated carbocycles. The summed E-state index contributed by atoms with van der Waals surface area (Å²) in [4.78, 5) is 5.13. The van der Waals surface area contributed by atoms with Crippen LogP contribution < -0.4 is 9.64 Å². The van der Waals surface area contributed by atoms with E-state index in [4.69, 9.17) is 16.3 Å². The van der Waals surface area contributed by atoms with Gasteiger partial charge < -0.3 is 9.64 Å². The van der Waals surface area contributed by atoms with Gasteiger partial charge >= 0.3 is 0 Å². The Hall–Kier alpha value is -2.16. The smallest absolute Gasteiger partial charge is 0.265 e. The molecule has 0 amide bonds. The number of anilines is 1. The van der Waals surface area contributed by atoms with Crippen molar-refractivity contribution in [3.8, 4) is 5.75 Å². The summed E-state index contributed by atoms with van der Waals surface area (Å²) in [7, 11) is -0.125. The van der Waals surface area contributed by atoms with Crippen LogP contribution in [0.15, 0.2) is 47.5 Å². The Balaban J connectivity index is 0.000000598. The van der Waals surface area contributed by atoms with Crippen LogP contribution in [-0.4, -0.2) is 52.4 Å². The van der Waals surface area contributed by atoms with Gasteiger partial charge in [-0.25, -0.2) is 13.0 Å². The minimum absolute atomic E-state index is 0.163. The summed E-state index contributed by atoms with van der Waals surface area (Å²) in [5.41, 5.74) is 1.10. The number of rotatable bonds is 6. The summed E-state index contributed by atoms with van der Waals surface area (Å²) in [5, 5.41) is 0.740. The van der Waals surface area contributed by atoms with Crippen LogP contribution in [0.25, 0.3) is 10.9 Å². The summed E-state index contributed by atoms with van der Waals surface area (Å²) in [6, 6.07) is 10.5. The maximum absolute atomic E-state index is 13.6. The van der Waals surface area contributed by atoms with Gasteiger partial charge in [0.2, 0.25) is 0 Å². The van der Waals surface area contributed by atoms with Gasteiger partial charge in [-0.05, 0) is 50.1 Å². The first kappa shape index (κ1) is 30.4. The predicted octanol–water partition coefficient (Wildman–Crippen LogP) is 7.78. The van der Waals surface area contributed by atoms with Crippen LogP contribution in [0.2, 0.25) is 5.02 Å². The van der Waals surface area contributed by atoms with Crippen LogP contribution in [-0.2, 0) is 11.0 Å². The second-order valence-electron chi connectivity index (χ2n) is 9.75. The van der Waals surface area contributed by atoms with Gasteiger partial charge in [-0.1, -0.05) is 51.3 Å². The zero-order valence-electron chi connectivity index (χ0n) is 23.2. The van der Waals surface area contributed by atoms with Crippen molar-refractivity contribution in [2.45, 2.75) is 64.8 Å². The number of piperazine rings is 1. The molecule has 210 valence electrons. The molecule has 0 radical (unpaired) electrons. The number of hydrogen-bond acceptors (Lipinski definition) is 4. The third kappa shape index (κ3) is 7.27. The van der Waals surface area contributed by atoms with E-state index in [0.717, 1.165) is 37.8 Å². The summed E-state index contributed by atoms with van der Waals surface area (Å²) in [6.07, 6.45) is 1.55. The van der Waals surface area contributed by atoms with Gasteiger partial charge in [0.25, 0.3) is 6.43 Å². The van der Waals surface area contributed by atoms with Gasteiger partial charge in [-0.15, -0.1) is 0 Å². The molecule has 3 aromatic rings. The van der Waals surface area contributed by atoms with E-state index >= 15 is 0 Å². The molecule has 0 spiro atoms. The molecule has 2 fully saturated rings. The molecule has 0 N–H and O–H groups in total. The summed E-state index contributed by atoms with van der Waals surface area (Å²) in [6.45, 7) is 14.1. The van der Waals surface area contributed by atoms with Crippen molar-refractivity contribution < 1.29 is 17.7 Å². The van der Waals surface area contributed by atoms with Gasteiger partial charge in [-0.2, -0.15) is 0 Å². The van der Waals surface area contributed by atoms with Crippen molar-refractivity contribution in [2.75, 3.05) is 38.2 Å². The third-order valence-corrected chi connectivity index (χ3v) is 8.33. The topological polar surface area (TPSA) is 37.7 Å². The normalized spacial score (nSPS) is 16.7. The molecule has 2 aliphatic rings. The SMILES string of the molecule is CC.CC1CC1.COc1ccc(S(=O)n2cc(C(F)F)c3ccc(Cl)cc32)cc1N1CCN(C(C)C)CC1. The first-order chi connectivity index (χ1) is 18.2. The molecule has 1 saturated heterocycles. The molecule has 1 aliphatic carbocycles. The number of hydrogen-bond donors (Lipinski definition) is 0. The van der Waals surface area contributed by atoms with E-state index in [9.17, 15) is 13.0 Å². The third-order valence-electron chi connectivity index (χ3n) is 6.78. The lowest BCUT2D eigenvalue weighted by Gasteiger charge is -2.38. The molecule has 5 nitrogen and oxygen atoms in total. The molecule has 1 atom stereocenters. The molecule has 2 aromatic carbocycles. The predicted molar refractivity (Wildman–Crippen MR) is 155 cm³/mol. The van der Waals surface area contributed by atoms with Crippen LogP contribution in [0.4, 0.5) is 14.5 Å². The quantitative estimate of drug-likeness (QED) is 0.305. The largest absolute Gasteiger partial charge is 0.495 e. The van der Waals surface area contributed by atoms with Crippen molar-refractivity contribution in [3.63, 3.8) is 0 Å². The molecular formula is C29H40ClF2N3O2S. The van der Waals surface area contributed by atoms with Crippen LogP contribution in [0.5, 0.6) is 5.75 Å². The lowest BCUT2D eigenvalue weighted by atomic mass is 10.2. The van der Waals surface area contributed by atoms with E-state index in [-0.39, 0.29) is 5.56 Å². The first-order valence-corrected chi connectivity index (χ1v) is 14.9. The molecular weight excluding hydrogens is 528 g/mol. The number of alkyl halides is 2. The van der Waals surface area contributed by atoms with Crippen LogP contribution in [0.3, 0.4) is 0 Å². The average molecular weight is 568 g/mol. The van der Waals surface area contributed by atoms with Crippen molar-refractivity contribution in [3.05, 3.63) is 53.2 Å². The Morgan fingerprint density at radius 1 is 1.03 bits per heavy atom. The monoisotopic (exact) mass is 567 g/mol. The highest BCUT2D eigenvalue weighted by atomic mass is 35.5. The van der Waals surface area contributed by atoms with Gasteiger partial charge in [0.05, 0.1) is 23.2 Å². The van der Waals surface area contributed by atoms with E-state index in [2.05, 4.69) is 30.6 Å². The minimum atomic E-state index is -2.68. The van der Waals surface area contributed by atoms with Gasteiger partial charge in [0, 0.05) is 54.4 Å². The molecule has 1 aliphatic heterocycles. The number of aromatic nitrogens is 1. The number of halogens is 3. The fourth-order valence-electron chi connectivity index (χ4n) is 4.29. The highest BCUT2D eigenvalue weighted by molar-refractivity contribution is 7.83. The lowest BCUT2D eigenvalue weighted by Crippen LogP contribution is -2.49. The van der Waals surface area contributed by atoms with E-state index in [0.29, 0.717) is 32.6 Å². The molecule has 2 heterocycles. The molecule has 9 heteroatoms. The summed E-state index contributed by atoms with van der Waals surface area (Å²) < 4.78 is 47.6. The number of benzene rings is 2. The van der Waals surface area contributed by atoms with Gasteiger partial charge in [0.1, 0.15) is 5.75 Å². The Morgan fingerprint density at radius 2 is 1.66 bits per heavy atom. The Labute approximate surface area is 233 Å². The maximum Gasteiger partial charge on any atom is 0.265 e. The maximum atomic E-state index is 13.6. The fraction of sp³-hybridized carbons (Fsp3) is 0.517. The molecule has 1 aromatic heterocycles. The molecule has 38 heavy (non-hydrogen) atoms. The van der Waals surface area contributed by atoms with Gasteiger partial charge in [0.15, 0.2) is 11.0 Å². The highest BCUT2D eigenvalue weighted by Gasteiger charge is 2.24. The average Bonchev–Trinajstić information content (AvgIpc) is 3.62. The van der Waals surface area contributed by atoms with Crippen LogP contribution in [0, 0.1) is 5.92 Å². The number of ether oxygens (including phenoxy) is 1. The van der Waals surface area contributed by atoms with Crippen molar-refractivity contribution in [1.29, 1.82) is 0 Å². The Morgan fingerprint density at radius 3 is 2.18 bits per heavy atom. The lowest BCUT2D eigenvalue weighted by molar-refractivity contribution is 0.153. The number of methoxy groups -OCH3 is 1. The van der Waals surface area contributed by atoms with E-state index in [1.807, 2.05) is 19.9 Å². The summed E-state index contributed by atoms with van der Waals surface area (Å²) >= 11 is 6.10. The summed E-state index contributed by atoms with van der Waals surface area (Å²) in [5.74, 6) is 1.78. The molecule has 0 bridgehead atoms. The minimum Gasteiger partial charge on any atom is -0.495 e. The first-order valence-electron chi connectivity index (χ1n) is 13.4. The van der Waals surface area contributed by atoms with E-state index < -0.39 is 17.4 Å². The van der Waals surface area contributed by atoms with Crippen molar-refractivity contribution in [1.82, 2.24) is 8.87 Å². The Bertz CT molecular complexity index is 1220. The van der Waals surface area contributed by atoms with Gasteiger partial charge in [-0.3, -0.25) is 8.87 Å². The molecule has 5 rings (SSSR count). The zero-order valence-corrected chi connectivity index (χ0v) is 24.8. The number of nitrogens with zero attached hydrogens (tertiary/aromatic N) is 3. The standard InChI is InChI=1S/C23H26ClF2N3O2S.C4H8.C2H6/c1-15(2)27-8-10-28(11-9-27)21-13-17(5-7-22(21)31-3)32(30)29-14-19(23(25)26)18-6-4-16(24)12-20(18)29;1-4-2-3-4;1-2/h4-7,12-15,23H,8-11H2,1-3H3;4H,2-3H2,1H3;1-2H3. The van der Waals surface area contributed by atoms with Crippen LogP contribution >= 0.6 is 11.6 Å².